The van der Waals surface area contributed by atoms with Gasteiger partial charge in [-0.15, -0.1) is 0 Å². The van der Waals surface area contributed by atoms with Gasteiger partial charge in [-0.05, 0) is 30.7 Å². The van der Waals surface area contributed by atoms with E-state index >= 15 is 0 Å². The van der Waals surface area contributed by atoms with Crippen molar-refractivity contribution in [1.82, 2.24) is 39.6 Å². The Kier molecular flexibility index (Phi) is 8.16. The average molecular weight is 649 g/mol. The largest absolute Gasteiger partial charge is 0.473 e. The number of benzene rings is 1. The fraction of sp³-hybridized carbons (Fsp3) is 0.355. The first-order valence-electron chi connectivity index (χ1n) is 15.0. The highest BCUT2D eigenvalue weighted by Gasteiger charge is 2.35. The molecule has 242 valence electrons. The molecule has 0 saturated carbocycles. The van der Waals surface area contributed by atoms with Gasteiger partial charge in [0.2, 0.25) is 11.7 Å². The van der Waals surface area contributed by atoms with Crippen molar-refractivity contribution in [2.75, 3.05) is 37.7 Å². The number of ether oxygens (including phenoxy) is 2. The lowest BCUT2D eigenvalue weighted by Crippen LogP contribution is -2.46. The molecule has 47 heavy (non-hydrogen) atoms. The standard InChI is InChI=1S/C31H28F4N10O2/c32-23-12-19(14-36)4-5-20(23)18-47-27-3-1-2-25(39-27)44-9-7-43(8-10-44)17-26-38-24-13-21(28-40-30(42-41-28)31(33,34)35)15-37-29(24)45(26)16-22-6-11-46-22/h1-5,12-13,15,22H,6-11,16-18H2,(H,40,41,42). The van der Waals surface area contributed by atoms with Crippen LogP contribution < -0.4 is 9.64 Å². The Morgan fingerprint density at radius 3 is 2.60 bits per heavy atom. The number of pyridine rings is 2. The number of aromatic amines is 1. The lowest BCUT2D eigenvalue weighted by atomic mass is 10.1. The molecule has 1 unspecified atom stereocenters. The number of nitrogens with zero attached hydrogens (tertiary/aromatic N) is 9. The number of anilines is 1. The molecule has 7 rings (SSSR count). The van der Waals surface area contributed by atoms with Gasteiger partial charge in [0.25, 0.3) is 0 Å². The molecule has 0 radical (unpaired) electrons. The van der Waals surface area contributed by atoms with Crippen molar-refractivity contribution < 1.29 is 27.0 Å². The first-order valence-corrected chi connectivity index (χ1v) is 15.0. The highest BCUT2D eigenvalue weighted by Crippen LogP contribution is 2.29. The van der Waals surface area contributed by atoms with Crippen molar-refractivity contribution >= 4 is 17.0 Å². The zero-order valence-corrected chi connectivity index (χ0v) is 24.9. The number of piperazine rings is 1. The quantitative estimate of drug-likeness (QED) is 0.230. The molecule has 0 bridgehead atoms. The average Bonchev–Trinajstić information content (AvgIpc) is 3.68. The second-order valence-electron chi connectivity index (χ2n) is 11.3. The molecule has 16 heteroatoms. The highest BCUT2D eigenvalue weighted by atomic mass is 19.4. The molecule has 2 fully saturated rings. The minimum atomic E-state index is -4.63. The normalized spacial score (nSPS) is 17.1. The van der Waals surface area contributed by atoms with Crippen molar-refractivity contribution in [2.24, 2.45) is 0 Å². The maximum absolute atomic E-state index is 14.3. The minimum Gasteiger partial charge on any atom is -0.473 e. The molecule has 2 aliphatic rings. The van der Waals surface area contributed by atoms with Gasteiger partial charge in [0.15, 0.2) is 11.5 Å². The third-order valence-electron chi connectivity index (χ3n) is 8.18. The van der Waals surface area contributed by atoms with Gasteiger partial charge in [0.1, 0.15) is 29.6 Å². The summed E-state index contributed by atoms with van der Waals surface area (Å²) in [5, 5.41) is 14.6. The third kappa shape index (κ3) is 6.58. The monoisotopic (exact) mass is 648 g/mol. The smallest absolute Gasteiger partial charge is 0.451 e. The van der Waals surface area contributed by atoms with Gasteiger partial charge in [-0.1, -0.05) is 12.1 Å². The Labute approximate surface area is 265 Å². The number of rotatable bonds is 9. The summed E-state index contributed by atoms with van der Waals surface area (Å²) in [6.45, 7) is 4.63. The van der Waals surface area contributed by atoms with Crippen LogP contribution in [-0.2, 0) is 30.6 Å². The molecule has 2 aliphatic heterocycles. The van der Waals surface area contributed by atoms with Gasteiger partial charge in [-0.25, -0.2) is 19.3 Å². The first-order chi connectivity index (χ1) is 22.7. The Morgan fingerprint density at radius 1 is 1.06 bits per heavy atom. The predicted molar refractivity (Wildman–Crippen MR) is 159 cm³/mol. The lowest BCUT2D eigenvalue weighted by molar-refractivity contribution is -0.144. The van der Waals surface area contributed by atoms with Crippen LogP contribution in [0.25, 0.3) is 22.6 Å². The number of H-pyrrole nitrogens is 1. The number of aromatic nitrogens is 7. The summed E-state index contributed by atoms with van der Waals surface area (Å²) in [6.07, 6.45) is -2.21. The molecule has 0 amide bonds. The molecule has 0 spiro atoms. The van der Waals surface area contributed by atoms with Gasteiger partial charge >= 0.3 is 6.18 Å². The second kappa shape index (κ2) is 12.6. The summed E-state index contributed by atoms with van der Waals surface area (Å²) in [6, 6.07) is 13.3. The number of alkyl halides is 3. The maximum atomic E-state index is 14.3. The summed E-state index contributed by atoms with van der Waals surface area (Å²) in [4.78, 5) is 22.0. The van der Waals surface area contributed by atoms with Crippen LogP contribution in [0.4, 0.5) is 23.4 Å². The van der Waals surface area contributed by atoms with Crippen LogP contribution in [0.3, 0.4) is 0 Å². The zero-order valence-electron chi connectivity index (χ0n) is 24.9. The molecule has 5 aromatic rings. The van der Waals surface area contributed by atoms with Crippen LogP contribution >= 0.6 is 0 Å². The number of hydrogen-bond acceptors (Lipinski definition) is 10. The molecular formula is C31H28F4N10O2. The molecule has 12 nitrogen and oxygen atoms in total. The van der Waals surface area contributed by atoms with E-state index in [0.29, 0.717) is 61.0 Å². The molecule has 1 atom stereocenters. The van der Waals surface area contributed by atoms with E-state index in [1.54, 1.807) is 18.2 Å². The number of imidazole rings is 1. The number of hydrogen-bond donors (Lipinski definition) is 1. The van der Waals surface area contributed by atoms with Crippen LogP contribution in [0.5, 0.6) is 5.88 Å². The van der Waals surface area contributed by atoms with Gasteiger partial charge in [0.05, 0.1) is 30.8 Å². The SMILES string of the molecule is N#Cc1ccc(COc2cccc(N3CCN(Cc4nc5cc(-c6n[nH]c(C(F)(F)F)n6)cnc5n4CC4CCO4)CC3)n2)c(F)c1. The fourth-order valence-corrected chi connectivity index (χ4v) is 5.52. The summed E-state index contributed by atoms with van der Waals surface area (Å²) < 4.78 is 66.9. The van der Waals surface area contributed by atoms with E-state index < -0.39 is 17.8 Å². The topological polar surface area (TPSA) is 134 Å². The van der Waals surface area contributed by atoms with E-state index in [9.17, 15) is 17.6 Å². The fourth-order valence-electron chi connectivity index (χ4n) is 5.52. The van der Waals surface area contributed by atoms with Crippen molar-refractivity contribution in [3.63, 3.8) is 0 Å². The number of fused-ring (bicyclic) bond motifs is 1. The van der Waals surface area contributed by atoms with Gasteiger partial charge in [0, 0.05) is 56.2 Å². The van der Waals surface area contributed by atoms with Crippen LogP contribution in [0.1, 0.15) is 29.2 Å². The lowest BCUT2D eigenvalue weighted by Gasteiger charge is -2.35. The molecule has 1 aromatic carbocycles. The number of nitrogens with one attached hydrogen (secondary N) is 1. The van der Waals surface area contributed by atoms with E-state index in [-0.39, 0.29) is 24.1 Å². The maximum Gasteiger partial charge on any atom is 0.451 e. The molecule has 1 N–H and O–H groups in total. The van der Waals surface area contributed by atoms with Gasteiger partial charge < -0.3 is 18.9 Å². The van der Waals surface area contributed by atoms with Crippen LogP contribution in [0.15, 0.2) is 48.7 Å². The molecule has 2 saturated heterocycles. The van der Waals surface area contributed by atoms with E-state index in [1.807, 2.05) is 27.9 Å². The van der Waals surface area contributed by atoms with Crippen molar-refractivity contribution in [3.05, 3.63) is 77.3 Å². The Bertz CT molecular complexity index is 1940. The van der Waals surface area contributed by atoms with Gasteiger partial charge in [-0.2, -0.15) is 28.5 Å². The van der Waals surface area contributed by atoms with E-state index in [4.69, 9.17) is 19.7 Å². The summed E-state index contributed by atoms with van der Waals surface area (Å²) >= 11 is 0. The van der Waals surface area contributed by atoms with Crippen molar-refractivity contribution in [2.45, 2.75) is 38.4 Å². The zero-order chi connectivity index (χ0) is 32.5. The predicted octanol–water partition coefficient (Wildman–Crippen LogP) is 4.33. The van der Waals surface area contributed by atoms with Crippen LogP contribution in [0, 0.1) is 17.1 Å². The second-order valence-corrected chi connectivity index (χ2v) is 11.3. The van der Waals surface area contributed by atoms with E-state index in [0.717, 1.165) is 31.2 Å². The number of nitriles is 1. The van der Waals surface area contributed by atoms with E-state index in [2.05, 4.69) is 29.9 Å². The molecule has 0 aliphatic carbocycles. The number of halogens is 4. The Hall–Kier alpha value is -5.14. The summed E-state index contributed by atoms with van der Waals surface area (Å²) in [5.41, 5.74) is 2.06. The van der Waals surface area contributed by atoms with Crippen molar-refractivity contribution in [1.29, 1.82) is 5.26 Å². The summed E-state index contributed by atoms with van der Waals surface area (Å²) in [7, 11) is 0. The van der Waals surface area contributed by atoms with E-state index in [1.165, 1.54) is 18.3 Å². The van der Waals surface area contributed by atoms with Crippen LogP contribution in [-0.4, -0.2) is 78.5 Å². The molecule has 4 aromatic heterocycles. The first kappa shape index (κ1) is 30.5. The Balaban J connectivity index is 1.02. The van der Waals surface area contributed by atoms with Crippen molar-refractivity contribution in [3.8, 4) is 23.3 Å². The molecular weight excluding hydrogens is 620 g/mol. The molecule has 6 heterocycles. The van der Waals surface area contributed by atoms with Crippen LogP contribution in [0.2, 0.25) is 0 Å². The summed E-state index contributed by atoms with van der Waals surface area (Å²) in [5.74, 6) is 0.110. The van der Waals surface area contributed by atoms with Gasteiger partial charge in [-0.3, -0.25) is 10.00 Å². The highest BCUT2D eigenvalue weighted by molar-refractivity contribution is 5.77. The third-order valence-corrected chi connectivity index (χ3v) is 8.18. The Morgan fingerprint density at radius 2 is 1.89 bits per heavy atom. The minimum absolute atomic E-state index is 0.0160.